The molecule has 0 N–H and O–H groups in total. The van der Waals surface area contributed by atoms with Gasteiger partial charge in [-0.1, -0.05) is 41.4 Å². The summed E-state index contributed by atoms with van der Waals surface area (Å²) < 4.78 is 37.4. The molecule has 0 fully saturated rings. The molecule has 0 radical (unpaired) electrons. The molecular weight excluding hydrogens is 307 g/mol. The van der Waals surface area contributed by atoms with Crippen molar-refractivity contribution in [2.75, 3.05) is 0 Å². The summed E-state index contributed by atoms with van der Waals surface area (Å²) in [4.78, 5) is 3.79. The van der Waals surface area contributed by atoms with Crippen LogP contribution in [0.4, 0.5) is 13.2 Å². The van der Waals surface area contributed by atoms with Crippen molar-refractivity contribution in [3.8, 4) is 0 Å². The monoisotopic (exact) mass is 317 g/mol. The molecule has 0 unspecified atom stereocenters. The lowest BCUT2D eigenvalue weighted by atomic mass is 10.2. The number of benzene rings is 1. The van der Waals surface area contributed by atoms with E-state index >= 15 is 0 Å². The third-order valence-corrected chi connectivity index (χ3v) is 4.11. The quantitative estimate of drug-likeness (QED) is 0.707. The summed E-state index contributed by atoms with van der Waals surface area (Å²) in [6.07, 6.45) is -3.61. The first-order chi connectivity index (χ1) is 9.36. The summed E-state index contributed by atoms with van der Waals surface area (Å²) in [7, 11) is 0. The highest BCUT2D eigenvalue weighted by Crippen LogP contribution is 2.34. The van der Waals surface area contributed by atoms with Gasteiger partial charge in [-0.3, -0.25) is 0 Å². The Kier molecular flexibility index (Phi) is 4.60. The zero-order valence-corrected chi connectivity index (χ0v) is 12.1. The molecule has 0 aliphatic carbocycles. The van der Waals surface area contributed by atoms with Crippen LogP contribution in [-0.4, -0.2) is 4.98 Å². The third kappa shape index (κ3) is 3.90. The fraction of sp³-hybridized carbons (Fsp3) is 0.214. The fourth-order valence-electron chi connectivity index (χ4n) is 1.52. The van der Waals surface area contributed by atoms with Crippen molar-refractivity contribution >= 4 is 23.4 Å². The molecule has 1 nitrogen and oxygen atoms in total. The molecule has 0 aliphatic heterocycles. The Balaban J connectivity index is 2.08. The molecule has 0 spiro atoms. The van der Waals surface area contributed by atoms with E-state index in [1.165, 1.54) is 11.8 Å². The molecule has 2 aromatic rings. The van der Waals surface area contributed by atoms with Crippen LogP contribution in [0.5, 0.6) is 0 Å². The summed E-state index contributed by atoms with van der Waals surface area (Å²) in [5, 5.41) is 0.428. The summed E-state index contributed by atoms with van der Waals surface area (Å²) in [5.74, 6) is 0.609. The van der Waals surface area contributed by atoms with Gasteiger partial charge in [-0.05, 0) is 18.6 Å². The van der Waals surface area contributed by atoms with E-state index in [1.807, 2.05) is 31.2 Å². The van der Waals surface area contributed by atoms with E-state index in [0.717, 1.165) is 23.4 Å². The zero-order valence-electron chi connectivity index (χ0n) is 10.5. The van der Waals surface area contributed by atoms with Gasteiger partial charge < -0.3 is 0 Å². The second-order valence-electron chi connectivity index (χ2n) is 4.28. The van der Waals surface area contributed by atoms with Crippen molar-refractivity contribution in [3.63, 3.8) is 0 Å². The number of aromatic nitrogens is 1. The number of hydrogen-bond donors (Lipinski definition) is 0. The van der Waals surface area contributed by atoms with Gasteiger partial charge in [0.25, 0.3) is 0 Å². The van der Waals surface area contributed by atoms with Crippen molar-refractivity contribution in [3.05, 3.63) is 58.2 Å². The van der Waals surface area contributed by atoms with Gasteiger partial charge >= 0.3 is 6.18 Å². The predicted molar refractivity (Wildman–Crippen MR) is 75.0 cm³/mol. The number of aryl methyl sites for hydroxylation is 1. The number of nitrogens with zero attached hydrogens (tertiary/aromatic N) is 1. The number of pyridine rings is 1. The summed E-state index contributed by atoms with van der Waals surface area (Å²) >= 11 is 7.16. The fourth-order valence-corrected chi connectivity index (χ4v) is 2.67. The van der Waals surface area contributed by atoms with Gasteiger partial charge in [-0.25, -0.2) is 4.98 Å². The first-order valence-corrected chi connectivity index (χ1v) is 7.14. The molecule has 0 atom stereocenters. The van der Waals surface area contributed by atoms with Gasteiger partial charge in [-0.15, -0.1) is 11.8 Å². The Hall–Kier alpha value is -1.20. The molecule has 0 saturated carbocycles. The summed E-state index contributed by atoms with van der Waals surface area (Å²) in [6, 6.07) is 8.82. The van der Waals surface area contributed by atoms with Crippen LogP contribution < -0.4 is 0 Å². The highest BCUT2D eigenvalue weighted by atomic mass is 35.5. The first kappa shape index (κ1) is 15.2. The van der Waals surface area contributed by atoms with Crippen molar-refractivity contribution in [1.82, 2.24) is 4.98 Å². The number of hydrogen-bond acceptors (Lipinski definition) is 2. The Bertz CT molecular complexity index is 596. The molecule has 0 amide bonds. The lowest BCUT2D eigenvalue weighted by molar-refractivity contribution is -0.137. The summed E-state index contributed by atoms with van der Waals surface area (Å²) in [6.45, 7) is 1.99. The second kappa shape index (κ2) is 6.06. The molecular formula is C14H11ClF3NS. The Morgan fingerprint density at radius 2 is 1.85 bits per heavy atom. The molecule has 1 heterocycles. The van der Waals surface area contributed by atoms with Crippen molar-refractivity contribution in [1.29, 1.82) is 0 Å². The van der Waals surface area contributed by atoms with Crippen LogP contribution in [0.15, 0.2) is 41.6 Å². The van der Waals surface area contributed by atoms with E-state index in [0.29, 0.717) is 10.8 Å². The van der Waals surface area contributed by atoms with E-state index in [-0.39, 0.29) is 5.02 Å². The maximum absolute atomic E-state index is 12.5. The highest BCUT2D eigenvalue weighted by molar-refractivity contribution is 7.98. The van der Waals surface area contributed by atoms with Crippen molar-refractivity contribution in [2.24, 2.45) is 0 Å². The smallest absolute Gasteiger partial charge is 0.248 e. The molecule has 2 rings (SSSR count). The minimum absolute atomic E-state index is 0.0249. The predicted octanol–water partition coefficient (Wildman–Crippen LogP) is 5.35. The van der Waals surface area contributed by atoms with Gasteiger partial charge in [0.05, 0.1) is 10.6 Å². The normalized spacial score (nSPS) is 11.7. The molecule has 6 heteroatoms. The first-order valence-electron chi connectivity index (χ1n) is 5.77. The standard InChI is InChI=1S/C14H11ClF3NS/c1-9-2-4-10(5-3-9)8-20-13-12(15)6-11(7-19-13)14(16,17)18/h2-7H,8H2,1H3. The minimum Gasteiger partial charge on any atom is -0.248 e. The summed E-state index contributed by atoms with van der Waals surface area (Å²) in [5.41, 5.74) is 1.39. The largest absolute Gasteiger partial charge is 0.417 e. The molecule has 1 aromatic carbocycles. The minimum atomic E-state index is -4.42. The van der Waals surface area contributed by atoms with Gasteiger partial charge in [0.1, 0.15) is 5.03 Å². The van der Waals surface area contributed by atoms with Crippen LogP contribution in [0, 0.1) is 6.92 Å². The number of alkyl halides is 3. The van der Waals surface area contributed by atoms with Gasteiger partial charge in [0.2, 0.25) is 0 Å². The average Bonchev–Trinajstić information content (AvgIpc) is 2.38. The van der Waals surface area contributed by atoms with Crippen LogP contribution >= 0.6 is 23.4 Å². The lowest BCUT2D eigenvalue weighted by Crippen LogP contribution is -2.05. The molecule has 20 heavy (non-hydrogen) atoms. The van der Waals surface area contributed by atoms with Crippen LogP contribution in [-0.2, 0) is 11.9 Å². The van der Waals surface area contributed by atoms with E-state index in [2.05, 4.69) is 4.98 Å². The lowest BCUT2D eigenvalue weighted by Gasteiger charge is -2.09. The van der Waals surface area contributed by atoms with Crippen molar-refractivity contribution < 1.29 is 13.2 Å². The molecule has 106 valence electrons. The highest BCUT2D eigenvalue weighted by Gasteiger charge is 2.31. The van der Waals surface area contributed by atoms with Crippen molar-refractivity contribution in [2.45, 2.75) is 23.9 Å². The van der Waals surface area contributed by atoms with Crippen LogP contribution in [0.2, 0.25) is 5.02 Å². The number of thioether (sulfide) groups is 1. The van der Waals surface area contributed by atoms with Crippen LogP contribution in [0.3, 0.4) is 0 Å². The Labute approximate surface area is 124 Å². The Morgan fingerprint density at radius 3 is 2.40 bits per heavy atom. The molecule has 0 saturated heterocycles. The van der Waals surface area contributed by atoms with Gasteiger partial charge in [0.15, 0.2) is 0 Å². The topological polar surface area (TPSA) is 12.9 Å². The van der Waals surface area contributed by atoms with Gasteiger partial charge in [0, 0.05) is 11.9 Å². The van der Waals surface area contributed by atoms with E-state index in [4.69, 9.17) is 11.6 Å². The SMILES string of the molecule is Cc1ccc(CSc2ncc(C(F)(F)F)cc2Cl)cc1. The van der Waals surface area contributed by atoms with Crippen LogP contribution in [0.1, 0.15) is 16.7 Å². The zero-order chi connectivity index (χ0) is 14.8. The van der Waals surface area contributed by atoms with Gasteiger partial charge in [-0.2, -0.15) is 13.2 Å². The number of halogens is 4. The maximum Gasteiger partial charge on any atom is 0.417 e. The van der Waals surface area contributed by atoms with E-state index in [1.54, 1.807) is 0 Å². The van der Waals surface area contributed by atoms with Crippen LogP contribution in [0.25, 0.3) is 0 Å². The molecule has 1 aromatic heterocycles. The third-order valence-electron chi connectivity index (χ3n) is 2.63. The Morgan fingerprint density at radius 1 is 1.20 bits per heavy atom. The average molecular weight is 318 g/mol. The molecule has 0 aliphatic rings. The van der Waals surface area contributed by atoms with E-state index < -0.39 is 11.7 Å². The number of rotatable bonds is 3. The van der Waals surface area contributed by atoms with E-state index in [9.17, 15) is 13.2 Å². The second-order valence-corrected chi connectivity index (χ2v) is 5.65. The maximum atomic E-state index is 12.5. The molecule has 0 bridgehead atoms.